The van der Waals surface area contributed by atoms with Gasteiger partial charge in [-0.3, -0.25) is 4.79 Å². The predicted molar refractivity (Wildman–Crippen MR) is 88.6 cm³/mol. The highest BCUT2D eigenvalue weighted by atomic mass is 32.1. The van der Waals surface area contributed by atoms with E-state index in [1.54, 1.807) is 12.1 Å². The van der Waals surface area contributed by atoms with Crippen molar-refractivity contribution in [3.8, 4) is 0 Å². The highest BCUT2D eigenvalue weighted by Gasteiger charge is 2.13. The van der Waals surface area contributed by atoms with Gasteiger partial charge in [0.15, 0.2) is 0 Å². The minimum Gasteiger partial charge on any atom is -0.397 e. The first kappa shape index (κ1) is 13.9. The molecule has 0 unspecified atom stereocenters. The molecule has 1 aromatic carbocycles. The molecular formula is C16H17N3OS. The van der Waals surface area contributed by atoms with E-state index < -0.39 is 0 Å². The Bertz CT molecular complexity index is 690. The molecule has 4 nitrogen and oxygen atoms in total. The number of nitrogens with one attached hydrogen (secondary N) is 2. The van der Waals surface area contributed by atoms with Gasteiger partial charge in [-0.1, -0.05) is 18.2 Å². The van der Waals surface area contributed by atoms with E-state index in [4.69, 9.17) is 5.73 Å². The maximum absolute atomic E-state index is 12.3. The molecule has 1 amide bonds. The Hall–Kier alpha value is -2.11. The molecular weight excluding hydrogens is 282 g/mol. The lowest BCUT2D eigenvalue weighted by Gasteiger charge is -2.12. The number of hydrogen-bond acceptors (Lipinski definition) is 4. The summed E-state index contributed by atoms with van der Waals surface area (Å²) >= 11 is 1.52. The lowest BCUT2D eigenvalue weighted by atomic mass is 10.1. The molecule has 3 rings (SSSR count). The first-order valence-electron chi connectivity index (χ1n) is 6.90. The average Bonchev–Trinajstić information content (AvgIpc) is 3.00. The van der Waals surface area contributed by atoms with Gasteiger partial charge in [-0.2, -0.15) is 0 Å². The van der Waals surface area contributed by atoms with Crippen LogP contribution in [-0.2, 0) is 0 Å². The van der Waals surface area contributed by atoms with Crippen LogP contribution in [0.4, 0.5) is 11.4 Å². The van der Waals surface area contributed by atoms with Gasteiger partial charge in [-0.05, 0) is 42.8 Å². The Balaban J connectivity index is 1.75. The molecule has 0 saturated carbocycles. The van der Waals surface area contributed by atoms with Gasteiger partial charge in [-0.15, -0.1) is 11.3 Å². The number of rotatable bonds is 3. The Morgan fingerprint density at radius 1 is 1.24 bits per heavy atom. The third-order valence-corrected chi connectivity index (χ3v) is 4.58. The molecule has 2 heterocycles. The summed E-state index contributed by atoms with van der Waals surface area (Å²) in [4.78, 5) is 14.1. The molecule has 0 saturated heterocycles. The second-order valence-corrected chi connectivity index (χ2v) is 5.97. The van der Waals surface area contributed by atoms with Crippen LogP contribution in [0.15, 0.2) is 42.5 Å². The number of nitrogen functional groups attached to an aromatic ring is 1. The summed E-state index contributed by atoms with van der Waals surface area (Å²) in [7, 11) is 0. The predicted octanol–water partition coefficient (Wildman–Crippen LogP) is 2.96. The average molecular weight is 299 g/mol. The zero-order valence-corrected chi connectivity index (χ0v) is 12.4. The smallest absolute Gasteiger partial charge is 0.265 e. The van der Waals surface area contributed by atoms with Gasteiger partial charge in [-0.25, -0.2) is 0 Å². The summed E-state index contributed by atoms with van der Waals surface area (Å²) in [6, 6.07) is 11.2. The van der Waals surface area contributed by atoms with Crippen LogP contribution in [0, 0.1) is 0 Å². The van der Waals surface area contributed by atoms with Gasteiger partial charge < -0.3 is 16.4 Å². The Labute approximate surface area is 127 Å². The fourth-order valence-corrected chi connectivity index (χ4v) is 3.24. The van der Waals surface area contributed by atoms with Gasteiger partial charge in [0.1, 0.15) is 0 Å². The van der Waals surface area contributed by atoms with E-state index in [2.05, 4.69) is 16.7 Å². The maximum Gasteiger partial charge on any atom is 0.265 e. The zero-order valence-electron chi connectivity index (χ0n) is 11.6. The topological polar surface area (TPSA) is 67.1 Å². The minimum atomic E-state index is -0.112. The van der Waals surface area contributed by atoms with Crippen LogP contribution in [0.3, 0.4) is 0 Å². The maximum atomic E-state index is 12.3. The fourth-order valence-electron chi connectivity index (χ4n) is 2.27. The fraction of sp³-hybridized carbons (Fsp3) is 0.188. The molecule has 1 aliphatic heterocycles. The standard InChI is InChI=1S/C16H17N3OS/c17-12-3-1-2-4-13(12)19-16(20)15-6-5-14(21-15)11-7-9-18-10-8-11/h1-7,18H,8-10,17H2,(H,19,20). The van der Waals surface area contributed by atoms with Crippen molar-refractivity contribution in [2.75, 3.05) is 24.1 Å². The molecule has 5 heteroatoms. The van der Waals surface area contributed by atoms with Gasteiger partial charge >= 0.3 is 0 Å². The number of anilines is 2. The second kappa shape index (κ2) is 6.11. The Morgan fingerprint density at radius 3 is 2.86 bits per heavy atom. The lowest BCUT2D eigenvalue weighted by molar-refractivity contribution is 0.103. The van der Waals surface area contributed by atoms with Crippen LogP contribution in [0.2, 0.25) is 0 Å². The third-order valence-electron chi connectivity index (χ3n) is 3.42. The summed E-state index contributed by atoms with van der Waals surface area (Å²) in [5.74, 6) is -0.112. The number of para-hydroxylation sites is 2. The number of hydrogen-bond donors (Lipinski definition) is 3. The summed E-state index contributed by atoms with van der Waals surface area (Å²) in [5.41, 5.74) is 8.38. The first-order chi connectivity index (χ1) is 10.2. The Kier molecular flexibility index (Phi) is 4.03. The van der Waals surface area contributed by atoms with Crippen molar-refractivity contribution in [3.63, 3.8) is 0 Å². The van der Waals surface area contributed by atoms with E-state index in [1.807, 2.05) is 24.3 Å². The molecule has 21 heavy (non-hydrogen) atoms. The van der Waals surface area contributed by atoms with Crippen LogP contribution in [0.5, 0.6) is 0 Å². The molecule has 108 valence electrons. The quantitative estimate of drug-likeness (QED) is 0.763. The highest BCUT2D eigenvalue weighted by molar-refractivity contribution is 7.15. The largest absolute Gasteiger partial charge is 0.397 e. The van der Waals surface area contributed by atoms with Crippen molar-refractivity contribution < 1.29 is 4.79 Å². The lowest BCUT2D eigenvalue weighted by Crippen LogP contribution is -2.19. The van der Waals surface area contributed by atoms with E-state index in [0.29, 0.717) is 16.3 Å². The Morgan fingerprint density at radius 2 is 2.10 bits per heavy atom. The molecule has 0 fully saturated rings. The summed E-state index contributed by atoms with van der Waals surface area (Å²) in [6.07, 6.45) is 3.19. The molecule has 0 atom stereocenters. The molecule has 4 N–H and O–H groups in total. The van der Waals surface area contributed by atoms with E-state index in [-0.39, 0.29) is 5.91 Å². The van der Waals surface area contributed by atoms with Crippen LogP contribution < -0.4 is 16.4 Å². The van der Waals surface area contributed by atoms with Crippen molar-refractivity contribution in [2.45, 2.75) is 6.42 Å². The van der Waals surface area contributed by atoms with Crippen molar-refractivity contribution in [3.05, 3.63) is 52.2 Å². The van der Waals surface area contributed by atoms with Gasteiger partial charge in [0.05, 0.1) is 16.3 Å². The van der Waals surface area contributed by atoms with Crippen molar-refractivity contribution in [1.82, 2.24) is 5.32 Å². The number of carbonyl (C=O) groups is 1. The number of carbonyl (C=O) groups excluding carboxylic acids is 1. The number of thiophene rings is 1. The SMILES string of the molecule is Nc1ccccc1NC(=O)c1ccc(C2=CCNCC2)s1. The number of nitrogens with two attached hydrogens (primary N) is 1. The van der Waals surface area contributed by atoms with Gasteiger partial charge in [0.25, 0.3) is 5.91 Å². The van der Waals surface area contributed by atoms with Gasteiger partial charge in [0, 0.05) is 11.4 Å². The summed E-state index contributed by atoms with van der Waals surface area (Å²) < 4.78 is 0. The highest BCUT2D eigenvalue weighted by Crippen LogP contribution is 2.28. The summed E-state index contributed by atoms with van der Waals surface area (Å²) in [5, 5.41) is 6.15. The number of amides is 1. The molecule has 0 bridgehead atoms. The van der Waals surface area contributed by atoms with Crippen LogP contribution in [-0.4, -0.2) is 19.0 Å². The van der Waals surface area contributed by atoms with Crippen LogP contribution in [0.1, 0.15) is 21.0 Å². The van der Waals surface area contributed by atoms with Crippen molar-refractivity contribution >= 4 is 34.2 Å². The van der Waals surface area contributed by atoms with E-state index in [1.165, 1.54) is 21.8 Å². The number of benzene rings is 1. The molecule has 0 spiro atoms. The monoisotopic (exact) mass is 299 g/mol. The van der Waals surface area contributed by atoms with Crippen LogP contribution >= 0.6 is 11.3 Å². The van der Waals surface area contributed by atoms with E-state index >= 15 is 0 Å². The zero-order chi connectivity index (χ0) is 14.7. The first-order valence-corrected chi connectivity index (χ1v) is 7.71. The molecule has 1 aromatic heterocycles. The van der Waals surface area contributed by atoms with Crippen molar-refractivity contribution in [2.24, 2.45) is 0 Å². The minimum absolute atomic E-state index is 0.112. The second-order valence-electron chi connectivity index (χ2n) is 4.89. The molecule has 0 radical (unpaired) electrons. The van der Waals surface area contributed by atoms with Crippen molar-refractivity contribution in [1.29, 1.82) is 0 Å². The van der Waals surface area contributed by atoms with E-state index in [0.717, 1.165) is 19.5 Å². The normalized spacial score (nSPS) is 14.6. The third kappa shape index (κ3) is 3.15. The van der Waals surface area contributed by atoms with E-state index in [9.17, 15) is 4.79 Å². The molecule has 0 aliphatic carbocycles. The van der Waals surface area contributed by atoms with Crippen LogP contribution in [0.25, 0.3) is 5.57 Å². The summed E-state index contributed by atoms with van der Waals surface area (Å²) in [6.45, 7) is 1.89. The molecule has 2 aromatic rings. The van der Waals surface area contributed by atoms with Gasteiger partial charge in [0.2, 0.25) is 0 Å². The molecule has 1 aliphatic rings.